The molecule has 0 saturated carbocycles. The molecule has 5 aromatic carbocycles. The number of nitrogens with zero attached hydrogens (tertiary/aromatic N) is 2. The minimum Gasteiger partial charge on any atom is -0.287 e. The predicted octanol–water partition coefficient (Wildman–Crippen LogP) is 13.8. The summed E-state index contributed by atoms with van der Waals surface area (Å²) in [5, 5.41) is 0. The lowest BCUT2D eigenvalue weighted by molar-refractivity contribution is -0.683. The number of carbonyl (C=O) groups excluding carboxylic acids is 1. The molecule has 28 heteroatoms. The van der Waals surface area contributed by atoms with Gasteiger partial charge in [-0.3, -0.25) is 9.78 Å². The molecule has 0 bridgehead atoms. The first-order valence-corrected chi connectivity index (χ1v) is 21.0. The minimum atomic E-state index is -6.13. The third-order valence-electron chi connectivity index (χ3n) is 11.5. The van der Waals surface area contributed by atoms with Crippen molar-refractivity contribution >= 4 is 33.8 Å². The molecule has 0 N–H and O–H groups in total. The Balaban J connectivity index is 0.000000468. The fraction of sp³-hybridized carbons (Fsp3) is 0.271. The van der Waals surface area contributed by atoms with Gasteiger partial charge in [-0.2, -0.15) is 132 Å². The van der Waals surface area contributed by atoms with Crippen molar-refractivity contribution in [2.45, 2.75) is 82.1 Å². The van der Waals surface area contributed by atoms with Crippen molar-refractivity contribution in [3.05, 3.63) is 177 Å². The van der Waals surface area contributed by atoms with E-state index in [1.54, 1.807) is 24.8 Å². The Morgan fingerprint density at radius 1 is 0.368 bits per heavy atom. The number of rotatable bonds is 7. The predicted molar refractivity (Wildman–Crippen MR) is 224 cm³/mol. The molecule has 0 amide bonds. The van der Waals surface area contributed by atoms with Gasteiger partial charge in [-0.15, -0.1) is 0 Å². The van der Waals surface area contributed by atoms with E-state index < -0.39 is 195 Å². The molecule has 0 aliphatic heterocycles. The van der Waals surface area contributed by atoms with Crippen molar-refractivity contribution in [2.24, 2.45) is 0 Å². The molecule has 0 atom stereocenters. The van der Waals surface area contributed by atoms with Crippen LogP contribution in [0.2, 0.25) is 0 Å². The van der Waals surface area contributed by atoms with Crippen molar-refractivity contribution in [3.8, 4) is 0 Å². The van der Waals surface area contributed by atoms with Gasteiger partial charge in [0.2, 0.25) is 12.3 Å². The van der Waals surface area contributed by atoms with E-state index in [4.69, 9.17) is 0 Å². The van der Waals surface area contributed by atoms with Crippen molar-refractivity contribution in [1.29, 1.82) is 0 Å². The van der Waals surface area contributed by atoms with Gasteiger partial charge in [0.05, 0.1) is 56.9 Å². The van der Waals surface area contributed by atoms with Crippen LogP contribution < -0.4 is 26.4 Å². The fourth-order valence-electron chi connectivity index (χ4n) is 7.94. The van der Waals surface area contributed by atoms with Crippen LogP contribution in [-0.2, 0) is 61.4 Å². The molecular formula is C48H31BF24N2O. The highest BCUT2D eigenvalue weighted by Gasteiger charge is 2.47. The maximum atomic E-state index is 14.2. The summed E-state index contributed by atoms with van der Waals surface area (Å²) in [7, 11) is 0. The largest absolute Gasteiger partial charge is 0.416 e. The first-order valence-electron chi connectivity index (χ1n) is 21.0. The Hall–Kier alpha value is -6.77. The van der Waals surface area contributed by atoms with Crippen LogP contribution in [0.4, 0.5) is 105 Å². The van der Waals surface area contributed by atoms with E-state index in [0.29, 0.717) is 6.54 Å². The molecule has 1 heterocycles. The highest BCUT2D eigenvalue weighted by Crippen LogP contribution is 2.41. The number of aromatic nitrogens is 2. The summed E-state index contributed by atoms with van der Waals surface area (Å²) in [6.45, 7) is 6.83. The number of carbonyl (C=O) groups is 1. The second kappa shape index (κ2) is 20.3. The van der Waals surface area contributed by atoms with Crippen LogP contribution >= 0.6 is 0 Å². The Morgan fingerprint density at radius 3 is 0.789 bits per heavy atom. The summed E-state index contributed by atoms with van der Waals surface area (Å²) >= 11 is 0. The topological polar surface area (TPSA) is 33.8 Å². The Labute approximate surface area is 412 Å². The van der Waals surface area contributed by atoms with Gasteiger partial charge < -0.3 is 0 Å². The molecule has 0 aliphatic carbocycles. The van der Waals surface area contributed by atoms with Crippen LogP contribution in [-0.4, -0.2) is 16.9 Å². The highest BCUT2D eigenvalue weighted by atomic mass is 19.4. The summed E-state index contributed by atoms with van der Waals surface area (Å²) in [4.78, 5) is 16.1. The molecule has 0 fully saturated rings. The lowest BCUT2D eigenvalue weighted by atomic mass is 9.12. The fourth-order valence-corrected chi connectivity index (χ4v) is 7.94. The average molecular weight is 1120 g/mol. The van der Waals surface area contributed by atoms with Gasteiger partial charge in [-0.1, -0.05) is 93.6 Å². The van der Waals surface area contributed by atoms with Gasteiger partial charge in [0.25, 0.3) is 0 Å². The zero-order valence-electron chi connectivity index (χ0n) is 38.2. The zero-order chi connectivity index (χ0) is 57.8. The number of alkyl halides is 24. The number of Topliss-reactive ketones (excluding diaryl/α,β-unsaturated/α-hetero) is 1. The smallest absolute Gasteiger partial charge is 0.287 e. The molecule has 6 rings (SSSR count). The number of hydrogen-bond donors (Lipinski definition) is 0. The van der Waals surface area contributed by atoms with Crippen LogP contribution in [0, 0.1) is 0 Å². The lowest BCUT2D eigenvalue weighted by Gasteiger charge is -2.46. The summed E-state index contributed by atoms with van der Waals surface area (Å²) in [5.41, 5.74) is -28.1. The number of ketones is 1. The molecule has 0 radical (unpaired) electrons. The van der Waals surface area contributed by atoms with Gasteiger partial charge in [0.15, 0.2) is 12.4 Å². The van der Waals surface area contributed by atoms with E-state index >= 15 is 0 Å². The molecule has 76 heavy (non-hydrogen) atoms. The quantitative estimate of drug-likeness (QED) is 0.0691. The monoisotopic (exact) mass is 1120 g/mol. The van der Waals surface area contributed by atoms with Crippen molar-refractivity contribution in [3.63, 3.8) is 0 Å². The van der Waals surface area contributed by atoms with E-state index in [1.165, 1.54) is 5.56 Å². The highest BCUT2D eigenvalue weighted by molar-refractivity contribution is 7.20. The number of hydrogen-bond acceptors (Lipinski definition) is 2. The maximum Gasteiger partial charge on any atom is 0.416 e. The Kier molecular flexibility index (Phi) is 16.1. The van der Waals surface area contributed by atoms with Gasteiger partial charge in [-0.25, -0.2) is 0 Å². The van der Waals surface area contributed by atoms with Crippen LogP contribution in [0.15, 0.2) is 122 Å². The first-order chi connectivity index (χ1) is 34.2. The van der Waals surface area contributed by atoms with Crippen molar-refractivity contribution in [1.82, 2.24) is 4.98 Å². The van der Waals surface area contributed by atoms with Crippen LogP contribution in [0.1, 0.15) is 81.2 Å². The number of halogens is 24. The second-order valence-electron chi connectivity index (χ2n) is 17.9. The van der Waals surface area contributed by atoms with Crippen LogP contribution in [0.3, 0.4) is 0 Å². The van der Waals surface area contributed by atoms with Crippen molar-refractivity contribution in [2.75, 3.05) is 0 Å². The molecule has 1 aromatic heterocycles. The van der Waals surface area contributed by atoms with Gasteiger partial charge in [0.1, 0.15) is 6.15 Å². The average Bonchev–Trinajstić information content (AvgIpc) is 3.27. The molecule has 0 spiro atoms. The Bertz CT molecular complexity index is 2610. The van der Waals surface area contributed by atoms with Crippen LogP contribution in [0.5, 0.6) is 0 Å². The van der Waals surface area contributed by atoms with Crippen LogP contribution in [0.25, 0.3) is 0 Å². The maximum absolute atomic E-state index is 14.2. The van der Waals surface area contributed by atoms with Gasteiger partial charge >= 0.3 is 49.4 Å². The van der Waals surface area contributed by atoms with Crippen molar-refractivity contribution < 1.29 is 115 Å². The summed E-state index contributed by atoms with van der Waals surface area (Å²) in [5.74, 6) is 0.108. The summed E-state index contributed by atoms with van der Waals surface area (Å²) in [6, 6.07) is -0.931. The molecular weight excluding hydrogens is 1090 g/mol. The normalized spacial score (nSPS) is 13.6. The molecule has 410 valence electrons. The zero-order valence-corrected chi connectivity index (χ0v) is 38.2. The molecule has 6 aromatic rings. The SMILES string of the molecule is CC(C)(C)c1ccc(C(=O)C[n+]2ccncc2)cc1.FC(F)(F)c1cc([B-](c2cc(C(F)(F)F)cc(C(F)(F)F)c2)(c2cc(C(F)(F)F)cc(C(F)(F)F)c2)c2cc(C(F)(F)F)cc(C(F)(F)F)c2)cc(C(F)(F)F)c1. The Morgan fingerprint density at radius 2 is 0.592 bits per heavy atom. The third kappa shape index (κ3) is 14.0. The van der Waals surface area contributed by atoms with E-state index in [1.807, 2.05) is 28.8 Å². The molecule has 0 unspecified atom stereocenters. The molecule has 0 aliphatic rings. The van der Waals surface area contributed by atoms with Gasteiger partial charge in [0, 0.05) is 5.56 Å². The van der Waals surface area contributed by atoms with E-state index in [2.05, 4.69) is 25.8 Å². The third-order valence-corrected chi connectivity index (χ3v) is 11.5. The van der Waals surface area contributed by atoms with E-state index in [-0.39, 0.29) is 11.2 Å². The van der Waals surface area contributed by atoms with E-state index in [0.717, 1.165) is 5.56 Å². The number of benzene rings is 5. The standard InChI is InChI=1S/C32H12BF24.C16H19N2O/c34-25(35,36)13-1-14(26(37,38)39)6-21(5-13)33(22-7-15(27(40,41)42)2-16(8-22)28(43,44)45,23-9-17(29(46,47)48)3-18(10-23)30(49,50)51)24-11-19(31(52,53)54)4-20(12-24)32(55,56)57;1-16(2,3)14-6-4-13(5-7-14)15(19)12-18-10-8-17-9-11-18/h1-12H;4-11H,12H2,1-3H3/q-1;+1. The van der Waals surface area contributed by atoms with Gasteiger partial charge in [-0.05, 0) is 35.2 Å². The summed E-state index contributed by atoms with van der Waals surface area (Å²) < 4.78 is 343. The second-order valence-corrected chi connectivity index (χ2v) is 17.9. The lowest BCUT2D eigenvalue weighted by Crippen LogP contribution is -2.75. The first kappa shape index (κ1) is 60.1. The minimum absolute atomic E-state index is 0.108. The summed E-state index contributed by atoms with van der Waals surface area (Å²) in [6.07, 6.45) is -47.9. The molecule has 3 nitrogen and oxygen atoms in total. The van der Waals surface area contributed by atoms with E-state index in [9.17, 15) is 110 Å². The molecule has 0 saturated heterocycles.